The molecule has 17 heavy (non-hydrogen) atoms. The molecular formula is C12H11ClN2O2. The molecule has 1 aliphatic rings. The molecule has 2 rings (SSSR count). The average Bonchev–Trinajstić information content (AvgIpc) is 2.33. The number of anilines is 1. The standard InChI is InChI=1S/C12H11ClN2O2/c1-8-2-3-10(4-11(8)13)15-6-9(5-14)7-17-12(15)16/h2-4,9H,6-7H2,1H3. The number of benzene rings is 1. The molecule has 1 aromatic carbocycles. The van der Waals surface area contributed by atoms with E-state index in [4.69, 9.17) is 21.6 Å². The second kappa shape index (κ2) is 4.64. The van der Waals surface area contributed by atoms with Gasteiger partial charge in [0, 0.05) is 17.3 Å². The number of amides is 1. The van der Waals surface area contributed by atoms with Crippen LogP contribution in [0.1, 0.15) is 5.56 Å². The molecule has 1 heterocycles. The summed E-state index contributed by atoms with van der Waals surface area (Å²) < 4.78 is 4.94. The third-order valence-corrected chi connectivity index (χ3v) is 3.09. The van der Waals surface area contributed by atoms with Crippen LogP contribution in [0.5, 0.6) is 0 Å². The minimum absolute atomic E-state index is 0.158. The molecule has 5 heteroatoms. The SMILES string of the molecule is Cc1ccc(N2CC(C#N)COC2=O)cc1Cl. The number of nitrogens with zero attached hydrogens (tertiary/aromatic N) is 2. The summed E-state index contributed by atoms with van der Waals surface area (Å²) in [6.07, 6.45) is -0.434. The van der Waals surface area contributed by atoms with Crippen LogP contribution in [0.15, 0.2) is 18.2 Å². The van der Waals surface area contributed by atoms with Crippen molar-refractivity contribution in [2.24, 2.45) is 5.92 Å². The lowest BCUT2D eigenvalue weighted by Crippen LogP contribution is -2.42. The normalized spacial score (nSPS) is 19.7. The molecule has 0 saturated carbocycles. The summed E-state index contributed by atoms with van der Waals surface area (Å²) in [5.41, 5.74) is 1.60. The predicted molar refractivity (Wildman–Crippen MR) is 64.0 cm³/mol. The number of carbonyl (C=O) groups excluding carboxylic acids is 1. The molecule has 4 nitrogen and oxygen atoms in total. The van der Waals surface area contributed by atoms with Crippen LogP contribution in [0.2, 0.25) is 5.02 Å². The van der Waals surface area contributed by atoms with Gasteiger partial charge in [0.25, 0.3) is 0 Å². The molecule has 0 aliphatic carbocycles. The molecule has 0 radical (unpaired) electrons. The van der Waals surface area contributed by atoms with E-state index in [9.17, 15) is 4.79 Å². The first-order valence-electron chi connectivity index (χ1n) is 5.22. The lowest BCUT2D eigenvalue weighted by atomic mass is 10.1. The monoisotopic (exact) mass is 250 g/mol. The number of rotatable bonds is 1. The molecule has 88 valence electrons. The lowest BCUT2D eigenvalue weighted by molar-refractivity contribution is 0.127. The van der Waals surface area contributed by atoms with Gasteiger partial charge in [0.15, 0.2) is 0 Å². The van der Waals surface area contributed by atoms with E-state index < -0.39 is 6.09 Å². The van der Waals surface area contributed by atoms with Crippen LogP contribution in [0, 0.1) is 24.2 Å². The Morgan fingerprint density at radius 2 is 2.35 bits per heavy atom. The van der Waals surface area contributed by atoms with Crippen LogP contribution >= 0.6 is 11.6 Å². The van der Waals surface area contributed by atoms with E-state index in [0.717, 1.165) is 5.56 Å². The van der Waals surface area contributed by atoms with Crippen LogP contribution in [0.25, 0.3) is 0 Å². The second-order valence-corrected chi connectivity index (χ2v) is 4.35. The van der Waals surface area contributed by atoms with Gasteiger partial charge in [-0.1, -0.05) is 17.7 Å². The Morgan fingerprint density at radius 3 is 3.00 bits per heavy atom. The van der Waals surface area contributed by atoms with Gasteiger partial charge in [0.2, 0.25) is 0 Å². The average molecular weight is 251 g/mol. The van der Waals surface area contributed by atoms with Gasteiger partial charge < -0.3 is 4.74 Å². The Bertz CT molecular complexity index is 496. The number of nitriles is 1. The number of cyclic esters (lactones) is 1. The summed E-state index contributed by atoms with van der Waals surface area (Å²) >= 11 is 6.01. The maximum absolute atomic E-state index is 11.6. The molecule has 0 aromatic heterocycles. The van der Waals surface area contributed by atoms with Crippen molar-refractivity contribution in [1.82, 2.24) is 0 Å². The Labute approximate surface area is 104 Å². The van der Waals surface area contributed by atoms with Crippen molar-refractivity contribution in [1.29, 1.82) is 5.26 Å². The van der Waals surface area contributed by atoms with Crippen molar-refractivity contribution in [3.05, 3.63) is 28.8 Å². The lowest BCUT2D eigenvalue weighted by Gasteiger charge is -2.29. The summed E-state index contributed by atoms with van der Waals surface area (Å²) in [6.45, 7) is 2.39. The topological polar surface area (TPSA) is 53.3 Å². The van der Waals surface area contributed by atoms with Gasteiger partial charge in [-0.3, -0.25) is 4.90 Å². The third-order valence-electron chi connectivity index (χ3n) is 2.68. The highest BCUT2D eigenvalue weighted by atomic mass is 35.5. The number of aryl methyl sites for hydroxylation is 1. The minimum Gasteiger partial charge on any atom is -0.448 e. The Hall–Kier alpha value is -1.73. The molecule has 1 atom stereocenters. The first-order valence-corrected chi connectivity index (χ1v) is 5.59. The zero-order chi connectivity index (χ0) is 12.4. The molecule has 1 saturated heterocycles. The highest BCUT2D eigenvalue weighted by Gasteiger charge is 2.28. The van der Waals surface area contributed by atoms with Crippen molar-refractivity contribution in [2.75, 3.05) is 18.1 Å². The summed E-state index contributed by atoms with van der Waals surface area (Å²) in [4.78, 5) is 13.0. The van der Waals surface area contributed by atoms with Crippen molar-refractivity contribution >= 4 is 23.4 Å². The van der Waals surface area contributed by atoms with E-state index >= 15 is 0 Å². The van der Waals surface area contributed by atoms with Gasteiger partial charge in [0.1, 0.15) is 6.61 Å². The predicted octanol–water partition coefficient (Wildman–Crippen LogP) is 2.74. The van der Waals surface area contributed by atoms with Gasteiger partial charge in [0.05, 0.1) is 12.0 Å². The van der Waals surface area contributed by atoms with Crippen molar-refractivity contribution in [2.45, 2.75) is 6.92 Å². The van der Waals surface area contributed by atoms with Gasteiger partial charge in [-0.2, -0.15) is 5.26 Å². The second-order valence-electron chi connectivity index (χ2n) is 3.95. The number of carbonyl (C=O) groups is 1. The number of halogens is 1. The summed E-state index contributed by atoms with van der Waals surface area (Å²) in [6, 6.07) is 7.43. The molecule has 1 amide bonds. The first-order chi connectivity index (χ1) is 8.11. The molecule has 0 spiro atoms. The van der Waals surface area contributed by atoms with Crippen LogP contribution in [0.4, 0.5) is 10.5 Å². The third kappa shape index (κ3) is 2.34. The maximum atomic E-state index is 11.6. The van der Waals surface area contributed by atoms with E-state index in [-0.39, 0.29) is 12.5 Å². The number of hydrogen-bond donors (Lipinski definition) is 0. The first kappa shape index (κ1) is 11.7. The zero-order valence-corrected chi connectivity index (χ0v) is 10.1. The van der Waals surface area contributed by atoms with Crippen LogP contribution in [-0.2, 0) is 4.74 Å². The van der Waals surface area contributed by atoms with Gasteiger partial charge >= 0.3 is 6.09 Å². The Kier molecular flexibility index (Phi) is 3.21. The maximum Gasteiger partial charge on any atom is 0.414 e. The molecule has 1 fully saturated rings. The Morgan fingerprint density at radius 1 is 1.59 bits per heavy atom. The van der Waals surface area contributed by atoms with E-state index in [1.54, 1.807) is 12.1 Å². The summed E-state index contributed by atoms with van der Waals surface area (Å²) in [7, 11) is 0. The molecule has 1 unspecified atom stereocenters. The van der Waals surface area contributed by atoms with E-state index in [2.05, 4.69) is 6.07 Å². The fourth-order valence-corrected chi connectivity index (χ4v) is 1.81. The van der Waals surface area contributed by atoms with Crippen molar-refractivity contribution < 1.29 is 9.53 Å². The molecule has 0 bridgehead atoms. The highest BCUT2D eigenvalue weighted by Crippen LogP contribution is 2.26. The van der Waals surface area contributed by atoms with Gasteiger partial charge in [-0.15, -0.1) is 0 Å². The number of ether oxygens (including phenoxy) is 1. The van der Waals surface area contributed by atoms with E-state index in [0.29, 0.717) is 17.3 Å². The summed E-state index contributed by atoms with van der Waals surface area (Å²) in [5.74, 6) is -0.298. The van der Waals surface area contributed by atoms with Crippen LogP contribution in [0.3, 0.4) is 0 Å². The quantitative estimate of drug-likeness (QED) is 0.770. The van der Waals surface area contributed by atoms with Crippen molar-refractivity contribution in [3.8, 4) is 6.07 Å². The molecule has 1 aromatic rings. The highest BCUT2D eigenvalue weighted by molar-refractivity contribution is 6.31. The van der Waals surface area contributed by atoms with Crippen LogP contribution < -0.4 is 4.90 Å². The fraction of sp³-hybridized carbons (Fsp3) is 0.333. The minimum atomic E-state index is -0.434. The zero-order valence-electron chi connectivity index (χ0n) is 9.31. The molecule has 0 N–H and O–H groups in total. The van der Waals surface area contributed by atoms with Gasteiger partial charge in [-0.25, -0.2) is 4.79 Å². The van der Waals surface area contributed by atoms with Crippen LogP contribution in [-0.4, -0.2) is 19.2 Å². The largest absolute Gasteiger partial charge is 0.448 e. The summed E-state index contributed by atoms with van der Waals surface area (Å²) in [5, 5.41) is 9.44. The van der Waals surface area contributed by atoms with Gasteiger partial charge in [-0.05, 0) is 24.6 Å². The molecule has 1 aliphatic heterocycles. The molecular weight excluding hydrogens is 240 g/mol. The van der Waals surface area contributed by atoms with Crippen molar-refractivity contribution in [3.63, 3.8) is 0 Å². The Balaban J connectivity index is 2.28. The fourth-order valence-electron chi connectivity index (χ4n) is 1.64. The van der Waals surface area contributed by atoms with E-state index in [1.807, 2.05) is 13.0 Å². The smallest absolute Gasteiger partial charge is 0.414 e. The van der Waals surface area contributed by atoms with E-state index in [1.165, 1.54) is 4.90 Å². The number of hydrogen-bond acceptors (Lipinski definition) is 3.